The Morgan fingerprint density at radius 2 is 2.27 bits per heavy atom. The highest BCUT2D eigenvalue weighted by atomic mass is 32.1. The van der Waals surface area contributed by atoms with Crippen LogP contribution in [0.1, 0.15) is 18.7 Å². The van der Waals surface area contributed by atoms with Crippen LogP contribution in [0.2, 0.25) is 0 Å². The molecule has 0 saturated heterocycles. The Hall–Kier alpha value is -0.600. The second kappa shape index (κ2) is 3.20. The first-order valence-electron chi connectivity index (χ1n) is 3.53. The van der Waals surface area contributed by atoms with Gasteiger partial charge >= 0.3 is 0 Å². The third kappa shape index (κ3) is 3.35. The van der Waals surface area contributed by atoms with Gasteiger partial charge in [0.1, 0.15) is 0 Å². The van der Waals surface area contributed by atoms with E-state index in [9.17, 15) is 5.11 Å². The van der Waals surface area contributed by atoms with Crippen LogP contribution in [0.5, 0.6) is 0 Å². The monoisotopic (exact) mass is 168 g/mol. The Kier molecular flexibility index (Phi) is 2.47. The topological polar surface area (TPSA) is 20.2 Å². The maximum Gasteiger partial charge on any atom is 0.0775 e. The van der Waals surface area contributed by atoms with Crippen molar-refractivity contribution in [1.82, 2.24) is 0 Å². The lowest BCUT2D eigenvalue weighted by Crippen LogP contribution is -2.13. The Labute approximate surface area is 71.0 Å². The highest BCUT2D eigenvalue weighted by molar-refractivity contribution is 7.10. The summed E-state index contributed by atoms with van der Waals surface area (Å²) in [6.45, 7) is 3.52. The molecule has 0 aliphatic heterocycles. The van der Waals surface area contributed by atoms with Crippen molar-refractivity contribution in [3.8, 4) is 0 Å². The largest absolute Gasteiger partial charge is 0.386 e. The van der Waals surface area contributed by atoms with Gasteiger partial charge in [-0.3, -0.25) is 0 Å². The van der Waals surface area contributed by atoms with Gasteiger partial charge in [-0.1, -0.05) is 12.1 Å². The lowest BCUT2D eigenvalue weighted by Gasteiger charge is -2.09. The van der Waals surface area contributed by atoms with Gasteiger partial charge in [-0.2, -0.15) is 0 Å². The molecule has 0 radical (unpaired) electrons. The summed E-state index contributed by atoms with van der Waals surface area (Å²) in [6, 6.07) is 4.02. The van der Waals surface area contributed by atoms with Gasteiger partial charge in [-0.25, -0.2) is 0 Å². The van der Waals surface area contributed by atoms with E-state index >= 15 is 0 Å². The van der Waals surface area contributed by atoms with E-state index in [1.807, 2.05) is 23.6 Å². The highest BCUT2D eigenvalue weighted by Gasteiger charge is 2.05. The first-order valence-corrected chi connectivity index (χ1v) is 4.41. The summed E-state index contributed by atoms with van der Waals surface area (Å²) in [4.78, 5) is 1.17. The molecule has 60 valence electrons. The van der Waals surface area contributed by atoms with E-state index in [4.69, 9.17) is 0 Å². The van der Waals surface area contributed by atoms with Crippen molar-refractivity contribution in [3.05, 3.63) is 28.5 Å². The molecule has 0 aliphatic carbocycles. The van der Waals surface area contributed by atoms with Crippen molar-refractivity contribution in [2.24, 2.45) is 0 Å². The molecule has 0 aliphatic rings. The number of thiophene rings is 1. The average molecular weight is 168 g/mol. The van der Waals surface area contributed by atoms with Crippen LogP contribution in [0.3, 0.4) is 0 Å². The Morgan fingerprint density at radius 3 is 2.73 bits per heavy atom. The van der Waals surface area contributed by atoms with Crippen LogP contribution >= 0.6 is 11.3 Å². The molecule has 0 fully saturated rings. The van der Waals surface area contributed by atoms with Crippen LogP contribution in [0.25, 0.3) is 6.08 Å². The molecular formula is C9H12OS. The van der Waals surface area contributed by atoms with Crippen LogP contribution in [0, 0.1) is 0 Å². The maximum absolute atomic E-state index is 9.33. The Bertz CT molecular complexity index is 229. The zero-order valence-electron chi connectivity index (χ0n) is 6.74. The van der Waals surface area contributed by atoms with Gasteiger partial charge in [0, 0.05) is 4.88 Å². The van der Waals surface area contributed by atoms with E-state index in [-0.39, 0.29) is 0 Å². The summed E-state index contributed by atoms with van der Waals surface area (Å²) >= 11 is 1.67. The standard InChI is InChI=1S/C9H12OS/c1-9(2,10)6-5-8-4-3-7-11-8/h3-7,10H,1-2H3/b6-5+. The molecule has 0 atom stereocenters. The summed E-state index contributed by atoms with van der Waals surface area (Å²) in [5.41, 5.74) is -0.704. The van der Waals surface area contributed by atoms with Crippen molar-refractivity contribution in [3.63, 3.8) is 0 Å². The van der Waals surface area contributed by atoms with Crippen molar-refractivity contribution in [1.29, 1.82) is 0 Å². The van der Waals surface area contributed by atoms with E-state index in [2.05, 4.69) is 0 Å². The number of hydrogen-bond acceptors (Lipinski definition) is 2. The second-order valence-corrected chi connectivity index (χ2v) is 3.98. The van der Waals surface area contributed by atoms with Gasteiger partial charge in [0.15, 0.2) is 0 Å². The smallest absolute Gasteiger partial charge is 0.0775 e. The third-order valence-electron chi connectivity index (χ3n) is 1.20. The van der Waals surface area contributed by atoms with E-state index in [1.54, 1.807) is 31.3 Å². The minimum atomic E-state index is -0.704. The van der Waals surface area contributed by atoms with Crippen molar-refractivity contribution in [2.45, 2.75) is 19.4 Å². The minimum absolute atomic E-state index is 0.704. The van der Waals surface area contributed by atoms with Gasteiger partial charge in [0.25, 0.3) is 0 Å². The van der Waals surface area contributed by atoms with Crippen LogP contribution in [0.4, 0.5) is 0 Å². The van der Waals surface area contributed by atoms with E-state index in [0.717, 1.165) is 0 Å². The van der Waals surface area contributed by atoms with Crippen LogP contribution in [-0.2, 0) is 0 Å². The average Bonchev–Trinajstić information content (AvgIpc) is 2.32. The molecule has 0 spiro atoms. The van der Waals surface area contributed by atoms with Crippen molar-refractivity contribution in [2.75, 3.05) is 0 Å². The van der Waals surface area contributed by atoms with Crippen molar-refractivity contribution < 1.29 is 5.11 Å². The fraction of sp³-hybridized carbons (Fsp3) is 0.333. The Morgan fingerprint density at radius 1 is 1.55 bits per heavy atom. The molecule has 0 aromatic carbocycles. The molecule has 1 heterocycles. The molecule has 1 nitrogen and oxygen atoms in total. The maximum atomic E-state index is 9.33. The molecule has 1 rings (SSSR count). The minimum Gasteiger partial charge on any atom is -0.386 e. The predicted molar refractivity (Wildman–Crippen MR) is 49.7 cm³/mol. The molecule has 0 unspecified atom stereocenters. The zero-order chi connectivity index (χ0) is 8.32. The van der Waals surface area contributed by atoms with E-state index < -0.39 is 5.60 Å². The molecule has 1 N–H and O–H groups in total. The summed E-state index contributed by atoms with van der Waals surface area (Å²) in [5.74, 6) is 0. The van der Waals surface area contributed by atoms with Gasteiger partial charge in [-0.05, 0) is 31.4 Å². The molecular weight excluding hydrogens is 156 g/mol. The number of aliphatic hydroxyl groups is 1. The van der Waals surface area contributed by atoms with Crippen LogP contribution in [0.15, 0.2) is 23.6 Å². The Balaban J connectivity index is 2.63. The van der Waals surface area contributed by atoms with Gasteiger partial charge < -0.3 is 5.11 Å². The van der Waals surface area contributed by atoms with Gasteiger partial charge in [0.05, 0.1) is 5.60 Å². The van der Waals surface area contributed by atoms with E-state index in [0.29, 0.717) is 0 Å². The molecule has 1 aromatic heterocycles. The first kappa shape index (κ1) is 8.50. The summed E-state index contributed by atoms with van der Waals surface area (Å²) in [5, 5.41) is 11.4. The van der Waals surface area contributed by atoms with Crippen LogP contribution < -0.4 is 0 Å². The normalized spacial score (nSPS) is 12.6. The molecule has 11 heavy (non-hydrogen) atoms. The molecule has 2 heteroatoms. The molecule has 1 aromatic rings. The summed E-state index contributed by atoms with van der Waals surface area (Å²) < 4.78 is 0. The molecule has 0 bridgehead atoms. The second-order valence-electron chi connectivity index (χ2n) is 3.00. The fourth-order valence-electron chi connectivity index (χ4n) is 0.672. The van der Waals surface area contributed by atoms with Crippen molar-refractivity contribution >= 4 is 17.4 Å². The first-order chi connectivity index (χ1) is 5.08. The summed E-state index contributed by atoms with van der Waals surface area (Å²) in [6.07, 6.45) is 3.73. The van der Waals surface area contributed by atoms with E-state index in [1.165, 1.54) is 4.88 Å². The van der Waals surface area contributed by atoms with Gasteiger partial charge in [-0.15, -0.1) is 11.3 Å². The van der Waals surface area contributed by atoms with Crippen LogP contribution in [-0.4, -0.2) is 10.7 Å². The number of rotatable bonds is 2. The number of hydrogen-bond donors (Lipinski definition) is 1. The molecule has 0 amide bonds. The fourth-order valence-corrected chi connectivity index (χ4v) is 1.29. The quantitative estimate of drug-likeness (QED) is 0.719. The predicted octanol–water partition coefficient (Wildman–Crippen LogP) is 2.53. The SMILES string of the molecule is CC(C)(O)/C=C/c1cccs1. The highest BCUT2D eigenvalue weighted by Crippen LogP contribution is 2.13. The third-order valence-corrected chi connectivity index (χ3v) is 2.04. The summed E-state index contributed by atoms with van der Waals surface area (Å²) in [7, 11) is 0. The zero-order valence-corrected chi connectivity index (χ0v) is 7.56. The lowest BCUT2D eigenvalue weighted by atomic mass is 10.1. The van der Waals surface area contributed by atoms with Gasteiger partial charge in [0.2, 0.25) is 0 Å². The lowest BCUT2D eigenvalue weighted by molar-refractivity contribution is 0.134. The molecule has 0 saturated carbocycles.